The summed E-state index contributed by atoms with van der Waals surface area (Å²) in [5, 5.41) is 0. The SMILES string of the molecule is COc1ccc(CCn2c(=O)c3ncccc3n(Cc3cccc(C(F)(F)F)c3)c2=O)cc1OC. The second-order valence-electron chi connectivity index (χ2n) is 7.83. The van der Waals surface area contributed by atoms with Crippen LogP contribution in [0.4, 0.5) is 13.2 Å². The van der Waals surface area contributed by atoms with E-state index in [1.807, 2.05) is 0 Å². The van der Waals surface area contributed by atoms with Crippen molar-refractivity contribution in [2.24, 2.45) is 0 Å². The molecule has 10 heteroatoms. The van der Waals surface area contributed by atoms with Crippen LogP contribution in [0.1, 0.15) is 16.7 Å². The maximum Gasteiger partial charge on any atom is 0.416 e. The van der Waals surface area contributed by atoms with Gasteiger partial charge in [-0.25, -0.2) is 9.78 Å². The molecule has 182 valence electrons. The normalized spacial score (nSPS) is 11.6. The fourth-order valence-electron chi connectivity index (χ4n) is 3.90. The molecule has 0 spiro atoms. The Balaban J connectivity index is 1.75. The number of halogens is 3. The molecule has 7 nitrogen and oxygen atoms in total. The molecule has 4 rings (SSSR count). The number of alkyl halides is 3. The van der Waals surface area contributed by atoms with Gasteiger partial charge in [-0.3, -0.25) is 13.9 Å². The Bertz CT molecular complexity index is 1490. The summed E-state index contributed by atoms with van der Waals surface area (Å²) in [6.07, 6.45) is -2.75. The molecule has 4 aromatic rings. The third-order valence-corrected chi connectivity index (χ3v) is 5.65. The van der Waals surface area contributed by atoms with Gasteiger partial charge in [0.15, 0.2) is 17.0 Å². The zero-order valence-corrected chi connectivity index (χ0v) is 19.0. The van der Waals surface area contributed by atoms with Crippen molar-refractivity contribution < 1.29 is 22.6 Å². The summed E-state index contributed by atoms with van der Waals surface area (Å²) in [6.45, 7) is -0.107. The maximum absolute atomic E-state index is 13.4. The number of nitrogens with zero attached hydrogens (tertiary/aromatic N) is 3. The highest BCUT2D eigenvalue weighted by Crippen LogP contribution is 2.30. The molecule has 35 heavy (non-hydrogen) atoms. The number of ether oxygens (including phenoxy) is 2. The van der Waals surface area contributed by atoms with Crippen molar-refractivity contribution in [3.05, 3.63) is 98.3 Å². The average molecular weight is 485 g/mol. The molecule has 0 radical (unpaired) electrons. The largest absolute Gasteiger partial charge is 0.493 e. The van der Waals surface area contributed by atoms with Gasteiger partial charge in [0.25, 0.3) is 5.56 Å². The summed E-state index contributed by atoms with van der Waals surface area (Å²) in [5.74, 6) is 1.06. The monoisotopic (exact) mass is 485 g/mol. The Morgan fingerprint density at radius 2 is 1.66 bits per heavy atom. The van der Waals surface area contributed by atoms with Crippen LogP contribution < -0.4 is 20.7 Å². The lowest BCUT2D eigenvalue weighted by Crippen LogP contribution is -2.41. The molecular formula is C25H22F3N3O4. The van der Waals surface area contributed by atoms with Gasteiger partial charge in [0.1, 0.15) is 0 Å². The van der Waals surface area contributed by atoms with E-state index >= 15 is 0 Å². The molecule has 0 aliphatic carbocycles. The number of hydrogen-bond donors (Lipinski definition) is 0. The second-order valence-corrected chi connectivity index (χ2v) is 7.83. The number of benzene rings is 2. The molecule has 0 aliphatic heterocycles. The molecule has 0 saturated heterocycles. The van der Waals surface area contributed by atoms with Crippen molar-refractivity contribution in [3.8, 4) is 11.5 Å². The van der Waals surface area contributed by atoms with E-state index in [-0.39, 0.29) is 29.7 Å². The Labute approximate surface area is 198 Å². The van der Waals surface area contributed by atoms with E-state index in [1.54, 1.807) is 30.3 Å². The number of hydrogen-bond acceptors (Lipinski definition) is 5. The summed E-state index contributed by atoms with van der Waals surface area (Å²) in [5.41, 5.74) is -0.614. The van der Waals surface area contributed by atoms with Gasteiger partial charge in [0, 0.05) is 12.7 Å². The highest BCUT2D eigenvalue weighted by atomic mass is 19.4. The minimum atomic E-state index is -4.51. The molecule has 2 aromatic heterocycles. The number of methoxy groups -OCH3 is 2. The first-order valence-electron chi connectivity index (χ1n) is 10.7. The van der Waals surface area contributed by atoms with Crippen molar-refractivity contribution in [2.75, 3.05) is 14.2 Å². The van der Waals surface area contributed by atoms with Crippen molar-refractivity contribution in [3.63, 3.8) is 0 Å². The van der Waals surface area contributed by atoms with Crippen LogP contribution in [0.5, 0.6) is 11.5 Å². The molecule has 0 N–H and O–H groups in total. The molecule has 2 heterocycles. The summed E-state index contributed by atoms with van der Waals surface area (Å²) < 4.78 is 52.4. The van der Waals surface area contributed by atoms with Crippen molar-refractivity contribution in [1.82, 2.24) is 14.1 Å². The molecule has 0 aliphatic rings. The third kappa shape index (κ3) is 4.91. The highest BCUT2D eigenvalue weighted by molar-refractivity contribution is 5.73. The van der Waals surface area contributed by atoms with Crippen molar-refractivity contribution in [1.29, 1.82) is 0 Å². The lowest BCUT2D eigenvalue weighted by molar-refractivity contribution is -0.137. The molecule has 0 saturated carbocycles. The van der Waals surface area contributed by atoms with E-state index in [9.17, 15) is 22.8 Å². The zero-order valence-electron chi connectivity index (χ0n) is 19.0. The van der Waals surface area contributed by atoms with Gasteiger partial charge >= 0.3 is 11.9 Å². The van der Waals surface area contributed by atoms with Crippen LogP contribution in [0.2, 0.25) is 0 Å². The molecule has 0 fully saturated rings. The molecular weight excluding hydrogens is 463 g/mol. The Hall–Kier alpha value is -4.08. The number of pyridine rings is 1. The van der Waals surface area contributed by atoms with E-state index in [0.717, 1.165) is 22.3 Å². The fraction of sp³-hybridized carbons (Fsp3) is 0.240. The second kappa shape index (κ2) is 9.65. The van der Waals surface area contributed by atoms with Crippen LogP contribution in [0.15, 0.2) is 70.4 Å². The lowest BCUT2D eigenvalue weighted by atomic mass is 10.1. The van der Waals surface area contributed by atoms with Crippen LogP contribution >= 0.6 is 0 Å². The summed E-state index contributed by atoms with van der Waals surface area (Å²) in [4.78, 5) is 30.6. The van der Waals surface area contributed by atoms with Crippen molar-refractivity contribution in [2.45, 2.75) is 25.7 Å². The number of rotatable bonds is 7. The molecule has 0 amide bonds. The van der Waals surface area contributed by atoms with Gasteiger partial charge in [-0.15, -0.1) is 0 Å². The Morgan fingerprint density at radius 3 is 2.37 bits per heavy atom. The van der Waals surface area contributed by atoms with Crippen LogP contribution in [-0.4, -0.2) is 28.3 Å². The molecule has 2 aromatic carbocycles. The van der Waals surface area contributed by atoms with Gasteiger partial charge in [-0.05, 0) is 53.9 Å². The van der Waals surface area contributed by atoms with E-state index < -0.39 is 23.0 Å². The first-order chi connectivity index (χ1) is 16.7. The van der Waals surface area contributed by atoms with Crippen molar-refractivity contribution >= 4 is 11.0 Å². The van der Waals surface area contributed by atoms with Gasteiger partial charge in [0.05, 0.1) is 31.8 Å². The van der Waals surface area contributed by atoms with Gasteiger partial charge in [-0.2, -0.15) is 13.2 Å². The van der Waals surface area contributed by atoms with E-state index in [1.165, 1.54) is 37.1 Å². The zero-order chi connectivity index (χ0) is 25.2. The van der Waals surface area contributed by atoms with E-state index in [4.69, 9.17) is 9.47 Å². The van der Waals surface area contributed by atoms with Gasteiger partial charge in [0.2, 0.25) is 0 Å². The first-order valence-corrected chi connectivity index (χ1v) is 10.7. The standard InChI is InChI=1S/C25H22F3N3O4/c1-34-20-9-8-16(14-21(20)35-2)10-12-30-23(32)22-19(7-4-11-29-22)31(24(30)33)15-17-5-3-6-18(13-17)25(26,27)28/h3-9,11,13-14H,10,12,15H2,1-2H3. The van der Waals surface area contributed by atoms with Gasteiger partial charge in [-0.1, -0.05) is 18.2 Å². The molecule has 0 unspecified atom stereocenters. The van der Waals surface area contributed by atoms with E-state index in [2.05, 4.69) is 4.98 Å². The maximum atomic E-state index is 13.4. The number of aromatic nitrogens is 3. The Kier molecular flexibility index (Phi) is 6.63. The highest BCUT2D eigenvalue weighted by Gasteiger charge is 2.30. The topological polar surface area (TPSA) is 75.4 Å². The third-order valence-electron chi connectivity index (χ3n) is 5.65. The fourth-order valence-corrected chi connectivity index (χ4v) is 3.90. The minimum Gasteiger partial charge on any atom is -0.493 e. The predicted octanol–water partition coefficient (Wildman–Crippen LogP) is 3.89. The van der Waals surface area contributed by atoms with Crippen LogP contribution in [0.25, 0.3) is 11.0 Å². The van der Waals surface area contributed by atoms with Crippen LogP contribution in [0, 0.1) is 0 Å². The van der Waals surface area contributed by atoms with Gasteiger partial charge < -0.3 is 9.47 Å². The summed E-state index contributed by atoms with van der Waals surface area (Å²) in [7, 11) is 3.03. The number of fused-ring (bicyclic) bond motifs is 1. The van der Waals surface area contributed by atoms with E-state index in [0.29, 0.717) is 17.9 Å². The lowest BCUT2D eigenvalue weighted by Gasteiger charge is -2.15. The minimum absolute atomic E-state index is 0.0439. The van der Waals surface area contributed by atoms with Crippen LogP contribution in [-0.2, 0) is 25.7 Å². The van der Waals surface area contributed by atoms with Crippen LogP contribution in [0.3, 0.4) is 0 Å². The summed E-state index contributed by atoms with van der Waals surface area (Å²) in [6, 6.07) is 13.2. The predicted molar refractivity (Wildman–Crippen MR) is 124 cm³/mol. The molecule has 0 bridgehead atoms. The first kappa shape index (κ1) is 24.1. The molecule has 0 atom stereocenters. The number of aryl methyl sites for hydroxylation is 1. The quantitative estimate of drug-likeness (QED) is 0.397. The average Bonchev–Trinajstić information content (AvgIpc) is 2.86. The summed E-state index contributed by atoms with van der Waals surface area (Å²) >= 11 is 0. The Morgan fingerprint density at radius 1 is 0.886 bits per heavy atom. The smallest absolute Gasteiger partial charge is 0.416 e.